The molecule has 0 aliphatic carbocycles. The van der Waals surface area contributed by atoms with Crippen molar-refractivity contribution in [3.63, 3.8) is 0 Å². The molecule has 0 bridgehead atoms. The van der Waals surface area contributed by atoms with Gasteiger partial charge in [0.2, 0.25) is 0 Å². The highest BCUT2D eigenvalue weighted by molar-refractivity contribution is 5.63. The lowest BCUT2D eigenvalue weighted by Crippen LogP contribution is -2.36. The van der Waals surface area contributed by atoms with Crippen LogP contribution in [-0.4, -0.2) is 22.5 Å². The summed E-state index contributed by atoms with van der Waals surface area (Å²) < 4.78 is 13.9. The van der Waals surface area contributed by atoms with Crippen LogP contribution in [0.5, 0.6) is 0 Å². The summed E-state index contributed by atoms with van der Waals surface area (Å²) in [6.07, 6.45) is 7.49. The van der Waals surface area contributed by atoms with E-state index in [-0.39, 0.29) is 5.82 Å². The number of rotatable bonds is 3. The van der Waals surface area contributed by atoms with Gasteiger partial charge in [-0.2, -0.15) is 0 Å². The zero-order valence-corrected chi connectivity index (χ0v) is 12.4. The largest absolute Gasteiger partial charge is 0.296 e. The smallest absolute Gasteiger partial charge is 0.131 e. The quantitative estimate of drug-likeness (QED) is 0.837. The van der Waals surface area contributed by atoms with Gasteiger partial charge in [-0.3, -0.25) is 9.88 Å². The molecule has 3 heteroatoms. The maximum absolute atomic E-state index is 13.9. The first-order valence-electron chi connectivity index (χ1n) is 7.67. The minimum absolute atomic E-state index is 0.192. The average Bonchev–Trinajstić information content (AvgIpc) is 2.50. The standard InChI is InChI=1S/C18H21FN2/c1-14-6-4-5-9-21(14)13-15-10-16(12-20-11-15)17-7-2-3-8-18(17)19/h2-3,7-8,10-12,14H,4-6,9,13H2,1H3. The summed E-state index contributed by atoms with van der Waals surface area (Å²) in [7, 11) is 0. The van der Waals surface area contributed by atoms with Crippen molar-refractivity contribution in [3.05, 3.63) is 54.1 Å². The van der Waals surface area contributed by atoms with E-state index in [1.807, 2.05) is 12.3 Å². The number of hydrogen-bond acceptors (Lipinski definition) is 2. The summed E-state index contributed by atoms with van der Waals surface area (Å²) >= 11 is 0. The van der Waals surface area contributed by atoms with Crippen LogP contribution in [0.25, 0.3) is 11.1 Å². The second kappa shape index (κ2) is 6.35. The summed E-state index contributed by atoms with van der Waals surface area (Å²) in [6.45, 7) is 4.33. The number of benzene rings is 1. The highest BCUT2D eigenvalue weighted by atomic mass is 19.1. The molecule has 21 heavy (non-hydrogen) atoms. The SMILES string of the molecule is CC1CCCCN1Cc1cncc(-c2ccccc2F)c1. The molecule has 2 aromatic rings. The Bertz CT molecular complexity index is 612. The second-order valence-electron chi connectivity index (χ2n) is 5.88. The summed E-state index contributed by atoms with van der Waals surface area (Å²) in [5, 5.41) is 0. The van der Waals surface area contributed by atoms with Crippen LogP contribution in [0, 0.1) is 5.82 Å². The molecule has 2 nitrogen and oxygen atoms in total. The number of piperidine rings is 1. The van der Waals surface area contributed by atoms with Crippen LogP contribution in [0.1, 0.15) is 31.7 Å². The van der Waals surface area contributed by atoms with Crippen LogP contribution in [0.15, 0.2) is 42.7 Å². The minimum atomic E-state index is -0.192. The van der Waals surface area contributed by atoms with Gasteiger partial charge < -0.3 is 0 Å². The minimum Gasteiger partial charge on any atom is -0.296 e. The molecule has 1 aliphatic heterocycles. The lowest BCUT2D eigenvalue weighted by molar-refractivity contribution is 0.152. The van der Waals surface area contributed by atoms with Crippen LogP contribution in [0.2, 0.25) is 0 Å². The van der Waals surface area contributed by atoms with E-state index in [2.05, 4.69) is 22.9 Å². The van der Waals surface area contributed by atoms with Gasteiger partial charge in [-0.1, -0.05) is 24.6 Å². The van der Waals surface area contributed by atoms with Gasteiger partial charge in [0.05, 0.1) is 0 Å². The molecule has 110 valence electrons. The Morgan fingerprint density at radius 2 is 2.10 bits per heavy atom. The van der Waals surface area contributed by atoms with Crippen LogP contribution in [0.3, 0.4) is 0 Å². The van der Waals surface area contributed by atoms with E-state index in [1.165, 1.54) is 25.3 Å². The molecule has 2 heterocycles. The van der Waals surface area contributed by atoms with Gasteiger partial charge >= 0.3 is 0 Å². The molecular weight excluding hydrogens is 263 g/mol. The van der Waals surface area contributed by atoms with Gasteiger partial charge in [-0.05, 0) is 44.0 Å². The topological polar surface area (TPSA) is 16.1 Å². The molecule has 0 radical (unpaired) electrons. The van der Waals surface area contributed by atoms with E-state index in [0.29, 0.717) is 11.6 Å². The zero-order valence-electron chi connectivity index (χ0n) is 12.4. The third-order valence-electron chi connectivity index (χ3n) is 4.31. The Hall–Kier alpha value is -1.74. The third kappa shape index (κ3) is 3.30. The predicted octanol–water partition coefficient (Wildman–Crippen LogP) is 4.26. The first-order chi connectivity index (χ1) is 10.2. The summed E-state index contributed by atoms with van der Waals surface area (Å²) in [6, 6.07) is 9.56. The van der Waals surface area contributed by atoms with E-state index in [1.54, 1.807) is 18.3 Å². The molecule has 1 saturated heterocycles. The van der Waals surface area contributed by atoms with E-state index >= 15 is 0 Å². The molecule has 1 aliphatic rings. The lowest BCUT2D eigenvalue weighted by atomic mass is 10.0. The maximum Gasteiger partial charge on any atom is 0.131 e. The Morgan fingerprint density at radius 3 is 2.90 bits per heavy atom. The normalized spacial score (nSPS) is 19.6. The van der Waals surface area contributed by atoms with Gasteiger partial charge in [0.15, 0.2) is 0 Å². The van der Waals surface area contributed by atoms with Crippen molar-refractivity contribution in [1.82, 2.24) is 9.88 Å². The molecular formula is C18H21FN2. The van der Waals surface area contributed by atoms with Crippen molar-refractivity contribution in [3.8, 4) is 11.1 Å². The van der Waals surface area contributed by atoms with Crippen molar-refractivity contribution in [1.29, 1.82) is 0 Å². The zero-order chi connectivity index (χ0) is 14.7. The summed E-state index contributed by atoms with van der Waals surface area (Å²) in [5.74, 6) is -0.192. The van der Waals surface area contributed by atoms with Crippen molar-refractivity contribution in [2.24, 2.45) is 0 Å². The molecule has 1 atom stereocenters. The second-order valence-corrected chi connectivity index (χ2v) is 5.88. The summed E-state index contributed by atoms with van der Waals surface area (Å²) in [5.41, 5.74) is 2.64. The average molecular weight is 284 g/mol. The number of pyridine rings is 1. The Kier molecular flexibility index (Phi) is 4.30. The van der Waals surface area contributed by atoms with Crippen molar-refractivity contribution >= 4 is 0 Å². The first-order valence-corrected chi connectivity index (χ1v) is 7.67. The fourth-order valence-electron chi connectivity index (χ4n) is 3.04. The Balaban J connectivity index is 1.82. The van der Waals surface area contributed by atoms with E-state index < -0.39 is 0 Å². The van der Waals surface area contributed by atoms with Crippen LogP contribution >= 0.6 is 0 Å². The highest BCUT2D eigenvalue weighted by Crippen LogP contribution is 2.24. The lowest BCUT2D eigenvalue weighted by Gasteiger charge is -2.33. The molecule has 1 fully saturated rings. The molecule has 1 aromatic carbocycles. The van der Waals surface area contributed by atoms with Crippen molar-refractivity contribution in [2.75, 3.05) is 6.54 Å². The molecule has 1 unspecified atom stereocenters. The number of hydrogen-bond donors (Lipinski definition) is 0. The van der Waals surface area contributed by atoms with Gasteiger partial charge in [-0.25, -0.2) is 4.39 Å². The molecule has 0 saturated carbocycles. The highest BCUT2D eigenvalue weighted by Gasteiger charge is 2.18. The monoisotopic (exact) mass is 284 g/mol. The van der Waals surface area contributed by atoms with E-state index in [0.717, 1.165) is 24.2 Å². The van der Waals surface area contributed by atoms with Gasteiger partial charge in [-0.15, -0.1) is 0 Å². The molecule has 0 spiro atoms. The predicted molar refractivity (Wildman–Crippen MR) is 83.4 cm³/mol. The maximum atomic E-state index is 13.9. The van der Waals surface area contributed by atoms with Gasteiger partial charge in [0, 0.05) is 36.1 Å². The van der Waals surface area contributed by atoms with Crippen LogP contribution in [0.4, 0.5) is 4.39 Å². The Labute approximate surface area is 125 Å². The first kappa shape index (κ1) is 14.2. The number of aromatic nitrogens is 1. The third-order valence-corrected chi connectivity index (χ3v) is 4.31. The molecule has 0 amide bonds. The molecule has 0 N–H and O–H groups in total. The summed E-state index contributed by atoms with van der Waals surface area (Å²) in [4.78, 5) is 6.79. The van der Waals surface area contributed by atoms with Crippen molar-refractivity contribution in [2.45, 2.75) is 38.8 Å². The van der Waals surface area contributed by atoms with Crippen LogP contribution in [-0.2, 0) is 6.54 Å². The number of halogens is 1. The number of nitrogens with zero attached hydrogens (tertiary/aromatic N) is 2. The van der Waals surface area contributed by atoms with E-state index in [9.17, 15) is 4.39 Å². The fourth-order valence-corrected chi connectivity index (χ4v) is 3.04. The van der Waals surface area contributed by atoms with Gasteiger partial charge in [0.25, 0.3) is 0 Å². The van der Waals surface area contributed by atoms with Gasteiger partial charge in [0.1, 0.15) is 5.82 Å². The van der Waals surface area contributed by atoms with Crippen LogP contribution < -0.4 is 0 Å². The number of likely N-dealkylation sites (tertiary alicyclic amines) is 1. The molecule has 3 rings (SSSR count). The van der Waals surface area contributed by atoms with Crippen molar-refractivity contribution < 1.29 is 4.39 Å². The Morgan fingerprint density at radius 1 is 1.24 bits per heavy atom. The van der Waals surface area contributed by atoms with E-state index in [4.69, 9.17) is 0 Å². The fraction of sp³-hybridized carbons (Fsp3) is 0.389. The molecule has 1 aromatic heterocycles.